The van der Waals surface area contributed by atoms with Crippen molar-refractivity contribution in [3.05, 3.63) is 87.4 Å². The van der Waals surface area contributed by atoms with Gasteiger partial charge in [-0.2, -0.15) is 0 Å². The Morgan fingerprint density at radius 1 is 1.12 bits per heavy atom. The van der Waals surface area contributed by atoms with Gasteiger partial charge in [0.1, 0.15) is 0 Å². The predicted molar refractivity (Wildman–Crippen MR) is 123 cm³/mol. The monoisotopic (exact) mass is 483 g/mol. The van der Waals surface area contributed by atoms with E-state index in [1.54, 1.807) is 34.9 Å². The number of aromatic carboxylic acids is 1. The van der Waals surface area contributed by atoms with Crippen LogP contribution in [0, 0.1) is 0 Å². The minimum absolute atomic E-state index is 0.142. The van der Waals surface area contributed by atoms with Crippen molar-refractivity contribution in [2.24, 2.45) is 0 Å². The lowest BCUT2D eigenvalue weighted by Gasteiger charge is -2.18. The van der Waals surface area contributed by atoms with E-state index in [1.165, 1.54) is 29.0 Å². The number of aromatic nitrogens is 3. The number of hydrogen-bond acceptors (Lipinski definition) is 5. The van der Waals surface area contributed by atoms with Gasteiger partial charge in [-0.05, 0) is 60.9 Å². The Morgan fingerprint density at radius 2 is 1.82 bits per heavy atom. The van der Waals surface area contributed by atoms with Crippen LogP contribution >= 0.6 is 11.6 Å². The molecule has 0 amide bonds. The van der Waals surface area contributed by atoms with Crippen molar-refractivity contribution in [1.29, 1.82) is 0 Å². The Morgan fingerprint density at radius 3 is 2.42 bits per heavy atom. The standard InChI is InChI=1S/C23H18ClN3O5S/c1-33(31,32)18-7-5-17(6-8-18)26-19-12-16(24)13-25-20(19)27(22(26)30)23(9-10-23)15-4-2-3-14(11-15)21(28)29/h2-8,11-13H,9-10H2,1H3,(H,28,29). The molecule has 2 aromatic heterocycles. The summed E-state index contributed by atoms with van der Waals surface area (Å²) < 4.78 is 26.7. The van der Waals surface area contributed by atoms with Gasteiger partial charge in [-0.15, -0.1) is 0 Å². The van der Waals surface area contributed by atoms with Gasteiger partial charge >= 0.3 is 11.7 Å². The molecule has 0 saturated heterocycles. The summed E-state index contributed by atoms with van der Waals surface area (Å²) in [6, 6.07) is 14.2. The minimum Gasteiger partial charge on any atom is -0.478 e. The molecule has 2 aromatic carbocycles. The van der Waals surface area contributed by atoms with Gasteiger partial charge in [-0.25, -0.2) is 23.0 Å². The molecule has 1 fully saturated rings. The van der Waals surface area contributed by atoms with E-state index in [4.69, 9.17) is 11.6 Å². The van der Waals surface area contributed by atoms with Crippen molar-refractivity contribution in [3.63, 3.8) is 0 Å². The molecule has 5 rings (SSSR count). The molecule has 0 spiro atoms. The summed E-state index contributed by atoms with van der Waals surface area (Å²) in [4.78, 5) is 29.8. The first kappa shape index (κ1) is 21.4. The van der Waals surface area contributed by atoms with Gasteiger partial charge < -0.3 is 5.11 Å². The van der Waals surface area contributed by atoms with E-state index in [2.05, 4.69) is 4.98 Å². The molecule has 4 aromatic rings. The van der Waals surface area contributed by atoms with Crippen LogP contribution in [0.4, 0.5) is 0 Å². The third-order valence-electron chi connectivity index (χ3n) is 5.97. The lowest BCUT2D eigenvalue weighted by Crippen LogP contribution is -2.32. The van der Waals surface area contributed by atoms with E-state index < -0.39 is 21.3 Å². The zero-order chi connectivity index (χ0) is 23.5. The molecular weight excluding hydrogens is 466 g/mol. The molecule has 168 valence electrons. The number of hydrogen-bond donors (Lipinski definition) is 1. The van der Waals surface area contributed by atoms with Gasteiger partial charge in [-0.1, -0.05) is 23.7 Å². The lowest BCUT2D eigenvalue weighted by molar-refractivity contribution is 0.0696. The Hall–Kier alpha value is -3.43. The van der Waals surface area contributed by atoms with Crippen LogP contribution < -0.4 is 5.69 Å². The molecule has 0 aliphatic heterocycles. The molecule has 0 unspecified atom stereocenters. The van der Waals surface area contributed by atoms with Crippen LogP contribution in [-0.4, -0.2) is 39.9 Å². The van der Waals surface area contributed by atoms with Crippen LogP contribution in [0.25, 0.3) is 16.9 Å². The van der Waals surface area contributed by atoms with Crippen LogP contribution in [-0.2, 0) is 15.4 Å². The topological polar surface area (TPSA) is 111 Å². The number of nitrogens with zero attached hydrogens (tertiary/aromatic N) is 3. The minimum atomic E-state index is -3.39. The molecule has 1 aliphatic rings. The molecule has 8 nitrogen and oxygen atoms in total. The predicted octanol–water partition coefficient (Wildman–Crippen LogP) is 3.48. The summed E-state index contributed by atoms with van der Waals surface area (Å²) in [7, 11) is -3.39. The van der Waals surface area contributed by atoms with Crippen molar-refractivity contribution in [1.82, 2.24) is 14.1 Å². The van der Waals surface area contributed by atoms with Crippen molar-refractivity contribution < 1.29 is 18.3 Å². The molecule has 33 heavy (non-hydrogen) atoms. The molecule has 10 heteroatoms. The first-order valence-corrected chi connectivity index (χ1v) is 12.3. The number of pyridine rings is 1. The average molecular weight is 484 g/mol. The maximum atomic E-state index is 13.8. The highest BCUT2D eigenvalue weighted by Crippen LogP contribution is 2.50. The fourth-order valence-electron chi connectivity index (χ4n) is 4.23. The normalized spacial score (nSPS) is 15.0. The summed E-state index contributed by atoms with van der Waals surface area (Å²) in [6.07, 6.45) is 3.87. The zero-order valence-electron chi connectivity index (χ0n) is 17.4. The van der Waals surface area contributed by atoms with Crippen LogP contribution in [0.15, 0.2) is 70.5 Å². The zero-order valence-corrected chi connectivity index (χ0v) is 19.0. The Labute approximate surface area is 193 Å². The molecule has 1 aliphatic carbocycles. The van der Waals surface area contributed by atoms with E-state index >= 15 is 0 Å². The Bertz CT molecular complexity index is 1600. The first-order chi connectivity index (χ1) is 15.6. The van der Waals surface area contributed by atoms with Gasteiger partial charge in [0.25, 0.3) is 0 Å². The molecule has 1 saturated carbocycles. The SMILES string of the molecule is CS(=O)(=O)c1ccc(-n2c(=O)n(C3(c4cccc(C(=O)O)c4)CC3)c3ncc(Cl)cc32)cc1. The molecule has 0 radical (unpaired) electrons. The molecule has 0 bridgehead atoms. The average Bonchev–Trinajstić information content (AvgIpc) is 3.52. The van der Waals surface area contributed by atoms with E-state index in [9.17, 15) is 23.1 Å². The number of benzene rings is 2. The van der Waals surface area contributed by atoms with Crippen molar-refractivity contribution in [2.45, 2.75) is 23.3 Å². The van der Waals surface area contributed by atoms with E-state index in [0.717, 1.165) is 6.26 Å². The van der Waals surface area contributed by atoms with E-state index in [0.29, 0.717) is 40.3 Å². The van der Waals surface area contributed by atoms with Gasteiger partial charge in [0, 0.05) is 12.5 Å². The number of rotatable bonds is 5. The smallest absolute Gasteiger partial charge is 0.335 e. The van der Waals surface area contributed by atoms with Crippen molar-refractivity contribution in [3.8, 4) is 5.69 Å². The highest BCUT2D eigenvalue weighted by atomic mass is 35.5. The Kier molecular flexibility index (Phi) is 4.73. The first-order valence-electron chi connectivity index (χ1n) is 10.1. The summed E-state index contributed by atoms with van der Waals surface area (Å²) in [5.41, 5.74) is 1.12. The highest BCUT2D eigenvalue weighted by Gasteiger charge is 2.49. The number of imidazole rings is 1. The van der Waals surface area contributed by atoms with Gasteiger partial charge in [-0.3, -0.25) is 9.13 Å². The van der Waals surface area contributed by atoms with Crippen LogP contribution in [0.3, 0.4) is 0 Å². The van der Waals surface area contributed by atoms with Crippen molar-refractivity contribution in [2.75, 3.05) is 6.26 Å². The third kappa shape index (κ3) is 3.44. The maximum Gasteiger partial charge on any atom is 0.335 e. The number of carboxylic acid groups (broad SMARTS) is 1. The van der Waals surface area contributed by atoms with Crippen LogP contribution in [0.1, 0.15) is 28.8 Å². The highest BCUT2D eigenvalue weighted by molar-refractivity contribution is 7.90. The number of carbonyl (C=O) groups is 1. The number of sulfone groups is 1. The van der Waals surface area contributed by atoms with Gasteiger partial charge in [0.2, 0.25) is 0 Å². The summed E-state index contributed by atoms with van der Waals surface area (Å²) in [6.45, 7) is 0. The summed E-state index contributed by atoms with van der Waals surface area (Å²) in [5.74, 6) is -1.04. The fraction of sp³-hybridized carbons (Fsp3) is 0.174. The quantitative estimate of drug-likeness (QED) is 0.465. The number of carboxylic acids is 1. The second-order valence-corrected chi connectivity index (χ2v) is 10.6. The summed E-state index contributed by atoms with van der Waals surface area (Å²) in [5, 5.41) is 9.76. The molecular formula is C23H18ClN3O5S. The maximum absolute atomic E-state index is 13.8. The largest absolute Gasteiger partial charge is 0.478 e. The second kappa shape index (κ2) is 7.29. The molecule has 0 atom stereocenters. The second-order valence-electron chi connectivity index (χ2n) is 8.13. The fourth-order valence-corrected chi connectivity index (χ4v) is 5.01. The summed E-state index contributed by atoms with van der Waals surface area (Å²) >= 11 is 6.20. The molecule has 1 N–H and O–H groups in total. The van der Waals surface area contributed by atoms with E-state index in [1.807, 2.05) is 6.07 Å². The Balaban J connectivity index is 1.76. The van der Waals surface area contributed by atoms with Crippen LogP contribution in [0.2, 0.25) is 5.02 Å². The molecule has 2 heterocycles. The number of halogens is 1. The van der Waals surface area contributed by atoms with Crippen LogP contribution in [0.5, 0.6) is 0 Å². The number of fused-ring (bicyclic) bond motifs is 1. The van der Waals surface area contributed by atoms with Gasteiger partial charge in [0.05, 0.1) is 32.2 Å². The third-order valence-corrected chi connectivity index (χ3v) is 7.31. The lowest BCUT2D eigenvalue weighted by atomic mass is 10.0. The van der Waals surface area contributed by atoms with E-state index in [-0.39, 0.29) is 16.1 Å². The van der Waals surface area contributed by atoms with Gasteiger partial charge in [0.15, 0.2) is 15.5 Å². The van der Waals surface area contributed by atoms with Crippen molar-refractivity contribution >= 4 is 38.6 Å².